The topological polar surface area (TPSA) is 64.1 Å². The van der Waals surface area contributed by atoms with E-state index in [9.17, 15) is 14.7 Å². The Labute approximate surface area is 184 Å². The zero-order valence-electron chi connectivity index (χ0n) is 18.1. The Bertz CT molecular complexity index is 857. The predicted molar refractivity (Wildman–Crippen MR) is 119 cm³/mol. The van der Waals surface area contributed by atoms with Crippen LogP contribution in [0.3, 0.4) is 0 Å². The number of aliphatic hydroxyl groups excluding tert-OH is 1. The van der Waals surface area contributed by atoms with Gasteiger partial charge in [-0.1, -0.05) is 67.1 Å². The van der Waals surface area contributed by atoms with E-state index >= 15 is 0 Å². The standard InChI is InChI=1S/C25H31N3O3/c1-2-27-23(30)25(20-12-6-3-7-13-20,21-14-8-4-9-15-21)28(24(27)31)19-22(29)18-26-16-10-5-11-17-26/h3-4,6-9,12-15,22,29H,2,5,10-11,16-19H2,1H3. The number of nitrogens with zero attached hydrogens (tertiary/aromatic N) is 3. The molecule has 0 saturated carbocycles. The number of hydrogen-bond donors (Lipinski definition) is 1. The lowest BCUT2D eigenvalue weighted by atomic mass is 9.81. The van der Waals surface area contributed by atoms with Crippen molar-refractivity contribution in [1.82, 2.24) is 14.7 Å². The van der Waals surface area contributed by atoms with Gasteiger partial charge < -0.3 is 10.0 Å². The van der Waals surface area contributed by atoms with Crippen LogP contribution in [0.1, 0.15) is 37.3 Å². The van der Waals surface area contributed by atoms with E-state index in [4.69, 9.17) is 0 Å². The van der Waals surface area contributed by atoms with Crippen LogP contribution >= 0.6 is 0 Å². The van der Waals surface area contributed by atoms with Gasteiger partial charge in [0.15, 0.2) is 5.54 Å². The van der Waals surface area contributed by atoms with Crippen LogP contribution in [-0.4, -0.2) is 70.6 Å². The minimum atomic E-state index is -1.28. The molecule has 0 radical (unpaired) electrons. The summed E-state index contributed by atoms with van der Waals surface area (Å²) in [6, 6.07) is 18.5. The van der Waals surface area contributed by atoms with Crippen molar-refractivity contribution in [3.63, 3.8) is 0 Å². The highest BCUT2D eigenvalue weighted by Gasteiger charge is 2.59. The zero-order valence-corrected chi connectivity index (χ0v) is 18.1. The third kappa shape index (κ3) is 3.86. The van der Waals surface area contributed by atoms with E-state index in [1.54, 1.807) is 4.90 Å². The average molecular weight is 422 g/mol. The molecule has 2 aliphatic rings. The van der Waals surface area contributed by atoms with Crippen molar-refractivity contribution in [2.24, 2.45) is 0 Å². The van der Waals surface area contributed by atoms with Gasteiger partial charge in [-0.15, -0.1) is 0 Å². The number of likely N-dealkylation sites (N-methyl/N-ethyl adjacent to an activating group) is 1. The van der Waals surface area contributed by atoms with E-state index in [-0.39, 0.29) is 25.0 Å². The summed E-state index contributed by atoms with van der Waals surface area (Å²) in [6.07, 6.45) is 2.76. The van der Waals surface area contributed by atoms with Crippen LogP contribution in [0.4, 0.5) is 4.79 Å². The molecule has 31 heavy (non-hydrogen) atoms. The molecular formula is C25H31N3O3. The Balaban J connectivity index is 1.76. The van der Waals surface area contributed by atoms with E-state index in [0.29, 0.717) is 6.54 Å². The Morgan fingerprint density at radius 3 is 1.94 bits per heavy atom. The molecule has 6 heteroatoms. The second kappa shape index (κ2) is 9.20. The number of carbonyl (C=O) groups is 2. The fourth-order valence-electron chi connectivity index (χ4n) is 4.97. The number of hydrogen-bond acceptors (Lipinski definition) is 4. The van der Waals surface area contributed by atoms with Gasteiger partial charge in [0.2, 0.25) is 0 Å². The number of benzene rings is 2. The lowest BCUT2D eigenvalue weighted by Gasteiger charge is -2.38. The molecule has 0 aromatic heterocycles. The Morgan fingerprint density at radius 1 is 0.871 bits per heavy atom. The first kappa shape index (κ1) is 21.5. The molecule has 2 aromatic carbocycles. The first-order valence-electron chi connectivity index (χ1n) is 11.2. The van der Waals surface area contributed by atoms with Crippen LogP contribution in [-0.2, 0) is 10.3 Å². The number of piperidine rings is 1. The monoisotopic (exact) mass is 421 g/mol. The van der Waals surface area contributed by atoms with E-state index in [1.807, 2.05) is 67.6 Å². The number of rotatable bonds is 7. The van der Waals surface area contributed by atoms with E-state index in [2.05, 4.69) is 4.90 Å². The molecular weight excluding hydrogens is 390 g/mol. The summed E-state index contributed by atoms with van der Waals surface area (Å²) in [5.74, 6) is -0.262. The molecule has 2 heterocycles. The van der Waals surface area contributed by atoms with E-state index in [0.717, 1.165) is 37.1 Å². The summed E-state index contributed by atoms with van der Waals surface area (Å²) >= 11 is 0. The summed E-state index contributed by atoms with van der Waals surface area (Å²) < 4.78 is 0. The molecule has 0 aliphatic carbocycles. The number of aliphatic hydroxyl groups is 1. The zero-order chi connectivity index (χ0) is 21.8. The van der Waals surface area contributed by atoms with Gasteiger partial charge in [-0.25, -0.2) is 4.79 Å². The molecule has 2 saturated heterocycles. The maximum atomic E-state index is 13.8. The predicted octanol–water partition coefficient (Wildman–Crippen LogP) is 3.06. The second-order valence-electron chi connectivity index (χ2n) is 8.40. The lowest BCUT2D eigenvalue weighted by Crippen LogP contribution is -2.52. The van der Waals surface area contributed by atoms with Crippen molar-refractivity contribution in [2.45, 2.75) is 37.8 Å². The number of amides is 3. The third-order valence-electron chi connectivity index (χ3n) is 6.43. The summed E-state index contributed by atoms with van der Waals surface area (Å²) in [7, 11) is 0. The van der Waals surface area contributed by atoms with Gasteiger partial charge in [0, 0.05) is 13.1 Å². The van der Waals surface area contributed by atoms with Crippen LogP contribution in [0.25, 0.3) is 0 Å². The molecule has 2 aliphatic heterocycles. The molecule has 1 N–H and O–H groups in total. The molecule has 2 fully saturated rings. The number of imide groups is 1. The van der Waals surface area contributed by atoms with E-state index < -0.39 is 11.6 Å². The SMILES string of the molecule is CCN1C(=O)N(CC(O)CN2CCCCC2)C(c2ccccc2)(c2ccccc2)C1=O. The van der Waals surface area contributed by atoms with Crippen LogP contribution < -0.4 is 0 Å². The van der Waals surface area contributed by atoms with Crippen LogP contribution in [0, 0.1) is 0 Å². The molecule has 2 aromatic rings. The van der Waals surface area contributed by atoms with Gasteiger partial charge >= 0.3 is 6.03 Å². The van der Waals surface area contributed by atoms with Crippen molar-refractivity contribution in [3.8, 4) is 0 Å². The molecule has 6 nitrogen and oxygen atoms in total. The van der Waals surface area contributed by atoms with Crippen molar-refractivity contribution in [1.29, 1.82) is 0 Å². The highest BCUT2D eigenvalue weighted by Crippen LogP contribution is 2.43. The first-order valence-corrected chi connectivity index (χ1v) is 11.2. The molecule has 1 atom stereocenters. The van der Waals surface area contributed by atoms with Crippen LogP contribution in [0.2, 0.25) is 0 Å². The Kier molecular flexibility index (Phi) is 6.39. The van der Waals surface area contributed by atoms with Gasteiger partial charge in [0.05, 0.1) is 12.6 Å². The molecule has 4 rings (SSSR count). The summed E-state index contributed by atoms with van der Waals surface area (Å²) in [5, 5.41) is 11.0. The minimum Gasteiger partial charge on any atom is -0.390 e. The molecule has 164 valence electrons. The van der Waals surface area contributed by atoms with Crippen molar-refractivity contribution >= 4 is 11.9 Å². The summed E-state index contributed by atoms with van der Waals surface area (Å²) in [5.41, 5.74) is 0.194. The maximum Gasteiger partial charge on any atom is 0.328 e. The largest absolute Gasteiger partial charge is 0.390 e. The number of carbonyl (C=O) groups excluding carboxylic acids is 2. The smallest absolute Gasteiger partial charge is 0.328 e. The van der Waals surface area contributed by atoms with Crippen molar-refractivity contribution in [3.05, 3.63) is 71.8 Å². The second-order valence-corrected chi connectivity index (χ2v) is 8.40. The molecule has 0 bridgehead atoms. The summed E-state index contributed by atoms with van der Waals surface area (Å²) in [6.45, 7) is 4.63. The normalized spacial score (nSPS) is 20.3. The average Bonchev–Trinajstić information content (AvgIpc) is 3.02. The number of likely N-dealkylation sites (tertiary alicyclic amines) is 1. The first-order chi connectivity index (χ1) is 15.1. The molecule has 3 amide bonds. The minimum absolute atomic E-state index is 0.0986. The fraction of sp³-hybridized carbons (Fsp3) is 0.440. The highest BCUT2D eigenvalue weighted by molar-refractivity contribution is 6.09. The van der Waals surface area contributed by atoms with Gasteiger partial charge in [-0.05, 0) is 44.0 Å². The van der Waals surface area contributed by atoms with Crippen molar-refractivity contribution < 1.29 is 14.7 Å². The summed E-state index contributed by atoms with van der Waals surface area (Å²) in [4.78, 5) is 32.4. The molecule has 1 unspecified atom stereocenters. The van der Waals surface area contributed by atoms with Gasteiger partial charge in [-0.3, -0.25) is 14.6 Å². The quantitative estimate of drug-likeness (QED) is 0.698. The highest BCUT2D eigenvalue weighted by atomic mass is 16.3. The third-order valence-corrected chi connectivity index (χ3v) is 6.43. The number of urea groups is 1. The van der Waals surface area contributed by atoms with Gasteiger partial charge in [-0.2, -0.15) is 0 Å². The fourth-order valence-corrected chi connectivity index (χ4v) is 4.97. The number of β-amino-alcohol motifs (C(OH)–C–C–N with tert-alkyl or cyclic N) is 1. The van der Waals surface area contributed by atoms with Gasteiger partial charge in [0.1, 0.15) is 0 Å². The van der Waals surface area contributed by atoms with Crippen LogP contribution in [0.5, 0.6) is 0 Å². The van der Waals surface area contributed by atoms with Crippen molar-refractivity contribution in [2.75, 3.05) is 32.7 Å². The van der Waals surface area contributed by atoms with Crippen LogP contribution in [0.15, 0.2) is 60.7 Å². The Morgan fingerprint density at radius 2 is 1.42 bits per heavy atom. The lowest BCUT2D eigenvalue weighted by molar-refractivity contribution is -0.132. The maximum absolute atomic E-state index is 13.8. The Hall–Kier alpha value is -2.70. The van der Waals surface area contributed by atoms with Gasteiger partial charge in [0.25, 0.3) is 5.91 Å². The van der Waals surface area contributed by atoms with E-state index in [1.165, 1.54) is 11.3 Å². The molecule has 0 spiro atoms.